The minimum atomic E-state index is -4.54. The van der Waals surface area contributed by atoms with Gasteiger partial charge in [0.15, 0.2) is 17.2 Å². The summed E-state index contributed by atoms with van der Waals surface area (Å²) in [5, 5.41) is 0.439. The van der Waals surface area contributed by atoms with Crippen LogP contribution >= 0.6 is 0 Å². The Kier molecular flexibility index (Phi) is 3.63. The van der Waals surface area contributed by atoms with Gasteiger partial charge >= 0.3 is 6.18 Å². The summed E-state index contributed by atoms with van der Waals surface area (Å²) in [6, 6.07) is 8.06. The predicted octanol–water partition coefficient (Wildman–Crippen LogP) is 4.46. The van der Waals surface area contributed by atoms with Crippen LogP contribution in [-0.2, 0) is 6.18 Å². The number of aromatic nitrogens is 2. The Morgan fingerprint density at radius 3 is 2.52 bits per heavy atom. The number of rotatable bonds is 2. The number of nitrogens with zero attached hydrogens (tertiary/aromatic N) is 2. The minimum Gasteiger partial charge on any atom is -0.494 e. The molecule has 0 saturated carbocycles. The van der Waals surface area contributed by atoms with Crippen LogP contribution in [-0.4, -0.2) is 17.1 Å². The number of methoxy groups -OCH3 is 1. The van der Waals surface area contributed by atoms with Gasteiger partial charge in [0.1, 0.15) is 5.69 Å². The van der Waals surface area contributed by atoms with Crippen LogP contribution in [0.1, 0.15) is 5.69 Å². The summed E-state index contributed by atoms with van der Waals surface area (Å²) in [4.78, 5) is 7.44. The molecule has 0 aliphatic heterocycles. The molecule has 0 atom stereocenters. The van der Waals surface area contributed by atoms with E-state index < -0.39 is 17.7 Å². The van der Waals surface area contributed by atoms with Crippen molar-refractivity contribution in [2.45, 2.75) is 6.18 Å². The third kappa shape index (κ3) is 2.81. The lowest BCUT2D eigenvalue weighted by molar-refractivity contribution is -0.141. The van der Waals surface area contributed by atoms with Crippen molar-refractivity contribution in [1.82, 2.24) is 9.97 Å². The van der Waals surface area contributed by atoms with Crippen molar-refractivity contribution in [2.24, 2.45) is 0 Å². The second kappa shape index (κ2) is 5.49. The molecular formula is C16H10F4N2O. The summed E-state index contributed by atoms with van der Waals surface area (Å²) in [6.45, 7) is 0. The van der Waals surface area contributed by atoms with E-state index in [-0.39, 0.29) is 11.4 Å². The van der Waals surface area contributed by atoms with Crippen molar-refractivity contribution < 1.29 is 22.3 Å². The molecule has 0 N–H and O–H groups in total. The summed E-state index contributed by atoms with van der Waals surface area (Å²) in [5.41, 5.74) is 0.152. The number of benzene rings is 1. The predicted molar refractivity (Wildman–Crippen MR) is 76.5 cm³/mol. The fraction of sp³-hybridized carbons (Fsp3) is 0.125. The Labute approximate surface area is 128 Å². The van der Waals surface area contributed by atoms with E-state index in [1.807, 2.05) is 0 Å². The first-order valence-electron chi connectivity index (χ1n) is 6.57. The summed E-state index contributed by atoms with van der Waals surface area (Å²) in [5.74, 6) is -0.473. The Balaban J connectivity index is 2.19. The van der Waals surface area contributed by atoms with Gasteiger partial charge in [-0.3, -0.25) is 0 Å². The quantitative estimate of drug-likeness (QED) is 0.653. The molecule has 1 aromatic carbocycles. The van der Waals surface area contributed by atoms with Gasteiger partial charge in [-0.1, -0.05) is 6.07 Å². The highest BCUT2D eigenvalue weighted by molar-refractivity contribution is 5.92. The first-order valence-corrected chi connectivity index (χ1v) is 6.57. The van der Waals surface area contributed by atoms with Crippen molar-refractivity contribution >= 4 is 11.0 Å². The number of alkyl halides is 3. The van der Waals surface area contributed by atoms with Crippen molar-refractivity contribution in [2.75, 3.05) is 7.11 Å². The van der Waals surface area contributed by atoms with Crippen molar-refractivity contribution in [3.8, 4) is 16.9 Å². The Morgan fingerprint density at radius 2 is 1.83 bits per heavy atom. The highest BCUT2D eigenvalue weighted by Gasteiger charge is 2.32. The van der Waals surface area contributed by atoms with Crippen molar-refractivity contribution in [3.05, 3.63) is 54.1 Å². The molecule has 7 heteroatoms. The molecule has 23 heavy (non-hydrogen) atoms. The van der Waals surface area contributed by atoms with Gasteiger partial charge in [-0.05, 0) is 41.5 Å². The maximum atomic E-state index is 13.5. The van der Waals surface area contributed by atoms with Crippen LogP contribution in [0, 0.1) is 5.82 Å². The molecule has 0 radical (unpaired) electrons. The number of hydrogen-bond acceptors (Lipinski definition) is 3. The second-order valence-electron chi connectivity index (χ2n) is 4.77. The molecule has 0 aliphatic carbocycles. The maximum Gasteiger partial charge on any atom is 0.433 e. The zero-order chi connectivity index (χ0) is 16.6. The standard InChI is InChI=1S/C16H10F4N2O/c1-23-13-8-9(2-4-12(13)17)10-6-7-21-15-11(10)3-5-14(22-15)16(18,19)20/h2-8H,1H3. The Morgan fingerprint density at radius 1 is 1.04 bits per heavy atom. The summed E-state index contributed by atoms with van der Waals surface area (Å²) in [7, 11) is 1.34. The molecule has 118 valence electrons. The fourth-order valence-corrected chi connectivity index (χ4v) is 2.27. The largest absolute Gasteiger partial charge is 0.494 e. The zero-order valence-electron chi connectivity index (χ0n) is 11.9. The van der Waals surface area contributed by atoms with Gasteiger partial charge in [0.25, 0.3) is 0 Å². The molecule has 0 unspecified atom stereocenters. The van der Waals surface area contributed by atoms with E-state index in [9.17, 15) is 17.6 Å². The first kappa shape index (κ1) is 15.2. The third-order valence-electron chi connectivity index (χ3n) is 3.36. The average Bonchev–Trinajstić information content (AvgIpc) is 2.53. The van der Waals surface area contributed by atoms with Crippen LogP contribution < -0.4 is 4.74 Å². The van der Waals surface area contributed by atoms with Gasteiger partial charge in [0, 0.05) is 11.6 Å². The van der Waals surface area contributed by atoms with Crippen LogP contribution in [0.25, 0.3) is 22.2 Å². The summed E-state index contributed by atoms with van der Waals surface area (Å²) in [6.07, 6.45) is -3.17. The minimum absolute atomic E-state index is 0.0272. The summed E-state index contributed by atoms with van der Waals surface area (Å²) >= 11 is 0. The van der Waals surface area contributed by atoms with Gasteiger partial charge in [0.2, 0.25) is 0 Å². The van der Waals surface area contributed by atoms with Crippen LogP contribution in [0.2, 0.25) is 0 Å². The average molecular weight is 322 g/mol. The van der Waals surface area contributed by atoms with E-state index >= 15 is 0 Å². The van der Waals surface area contributed by atoms with E-state index in [2.05, 4.69) is 9.97 Å². The van der Waals surface area contributed by atoms with Gasteiger partial charge in [-0.2, -0.15) is 13.2 Å². The molecule has 0 spiro atoms. The molecular weight excluding hydrogens is 312 g/mol. The molecule has 0 saturated heterocycles. The Hall–Kier alpha value is -2.70. The van der Waals surface area contributed by atoms with Crippen LogP contribution in [0.5, 0.6) is 5.75 Å². The van der Waals surface area contributed by atoms with Crippen LogP contribution in [0.15, 0.2) is 42.6 Å². The molecule has 2 aromatic heterocycles. The van der Waals surface area contributed by atoms with Gasteiger partial charge in [-0.15, -0.1) is 0 Å². The highest BCUT2D eigenvalue weighted by atomic mass is 19.4. The molecule has 3 nitrogen and oxygen atoms in total. The number of hydrogen-bond donors (Lipinski definition) is 0. The number of halogens is 4. The van der Waals surface area contributed by atoms with Gasteiger partial charge < -0.3 is 4.74 Å². The van der Waals surface area contributed by atoms with Crippen LogP contribution in [0.3, 0.4) is 0 Å². The molecule has 0 bridgehead atoms. The monoisotopic (exact) mass is 322 g/mol. The summed E-state index contributed by atoms with van der Waals surface area (Å²) < 4.78 is 56.6. The number of fused-ring (bicyclic) bond motifs is 1. The topological polar surface area (TPSA) is 35.0 Å². The van der Waals surface area contributed by atoms with E-state index in [0.717, 1.165) is 6.07 Å². The second-order valence-corrected chi connectivity index (χ2v) is 4.77. The lowest BCUT2D eigenvalue weighted by atomic mass is 10.0. The third-order valence-corrected chi connectivity index (χ3v) is 3.36. The Bertz CT molecular complexity index is 878. The lowest BCUT2D eigenvalue weighted by Gasteiger charge is -2.10. The molecule has 3 aromatic rings. The number of pyridine rings is 2. The van der Waals surface area contributed by atoms with Crippen molar-refractivity contribution in [3.63, 3.8) is 0 Å². The lowest BCUT2D eigenvalue weighted by Crippen LogP contribution is -2.08. The molecule has 2 heterocycles. The van der Waals surface area contributed by atoms with Gasteiger partial charge in [-0.25, -0.2) is 14.4 Å². The SMILES string of the molecule is COc1cc(-c2ccnc3nc(C(F)(F)F)ccc23)ccc1F. The molecule has 0 fully saturated rings. The molecule has 0 aliphatic rings. The zero-order valence-corrected chi connectivity index (χ0v) is 11.9. The molecule has 0 amide bonds. The highest BCUT2D eigenvalue weighted by Crippen LogP contribution is 2.33. The van der Waals surface area contributed by atoms with E-state index in [1.54, 1.807) is 6.07 Å². The van der Waals surface area contributed by atoms with Crippen LogP contribution in [0.4, 0.5) is 17.6 Å². The van der Waals surface area contributed by atoms with Crippen molar-refractivity contribution in [1.29, 1.82) is 0 Å². The maximum absolute atomic E-state index is 13.5. The molecule has 3 rings (SSSR count). The van der Waals surface area contributed by atoms with Gasteiger partial charge in [0.05, 0.1) is 7.11 Å². The van der Waals surface area contributed by atoms with E-state index in [4.69, 9.17) is 4.74 Å². The normalized spacial score (nSPS) is 11.7. The number of ether oxygens (including phenoxy) is 1. The first-order chi connectivity index (χ1) is 10.9. The fourth-order valence-electron chi connectivity index (χ4n) is 2.27. The smallest absolute Gasteiger partial charge is 0.433 e. The van der Waals surface area contributed by atoms with E-state index in [1.165, 1.54) is 37.6 Å². The van der Waals surface area contributed by atoms with E-state index in [0.29, 0.717) is 16.5 Å².